The van der Waals surface area contributed by atoms with Gasteiger partial charge in [0.05, 0.1) is 11.5 Å². The topological polar surface area (TPSA) is 64.5 Å². The van der Waals surface area contributed by atoms with Crippen LogP contribution in [-0.2, 0) is 9.84 Å². The van der Waals surface area contributed by atoms with E-state index in [2.05, 4.69) is 11.9 Å². The van der Waals surface area contributed by atoms with Crippen LogP contribution in [0.2, 0.25) is 0 Å². The zero-order valence-corrected chi connectivity index (χ0v) is 10.5. The minimum Gasteiger partial charge on any atom is -0.358 e. The largest absolute Gasteiger partial charge is 0.358 e. The number of hydrogen-bond donors (Lipinski definition) is 1. The van der Waals surface area contributed by atoms with Crippen LogP contribution in [0.4, 0.5) is 0 Å². The fourth-order valence-corrected chi connectivity index (χ4v) is 4.06. The van der Waals surface area contributed by atoms with E-state index in [1.807, 2.05) is 4.90 Å². The first kappa shape index (κ1) is 11.9. The summed E-state index contributed by atoms with van der Waals surface area (Å²) in [5.74, 6) is 0.911. The Kier molecular flexibility index (Phi) is 3.21. The molecule has 1 N–H and O–H groups in total. The molecule has 2 heterocycles. The first-order chi connectivity index (χ1) is 7.48. The van der Waals surface area contributed by atoms with Crippen LogP contribution in [0.3, 0.4) is 0 Å². The Morgan fingerprint density at radius 3 is 2.38 bits per heavy atom. The van der Waals surface area contributed by atoms with Gasteiger partial charge in [0.25, 0.3) is 0 Å². The average Bonchev–Trinajstić information content (AvgIpc) is 2.59. The first-order valence-electron chi connectivity index (χ1n) is 5.70. The van der Waals surface area contributed by atoms with Crippen molar-refractivity contribution in [1.29, 1.82) is 5.41 Å². The molecule has 0 aromatic carbocycles. The summed E-state index contributed by atoms with van der Waals surface area (Å²) in [5, 5.41) is 8.07. The van der Waals surface area contributed by atoms with Crippen molar-refractivity contribution in [1.82, 2.24) is 9.80 Å². The second-order valence-corrected chi connectivity index (χ2v) is 7.00. The summed E-state index contributed by atoms with van der Waals surface area (Å²) in [4.78, 5) is 4.26. The Bertz CT molecular complexity index is 372. The van der Waals surface area contributed by atoms with E-state index >= 15 is 0 Å². The maximum Gasteiger partial charge on any atom is 0.151 e. The fraction of sp³-hybridized carbons (Fsp3) is 0.900. The van der Waals surface area contributed by atoms with Gasteiger partial charge in [-0.2, -0.15) is 0 Å². The van der Waals surface area contributed by atoms with E-state index in [0.717, 1.165) is 26.2 Å². The van der Waals surface area contributed by atoms with Crippen LogP contribution in [0, 0.1) is 11.3 Å². The summed E-state index contributed by atoms with van der Waals surface area (Å²) < 4.78 is 22.7. The molecule has 92 valence electrons. The molecule has 6 heteroatoms. The number of hydrogen-bond acceptors (Lipinski definition) is 4. The zero-order chi connectivity index (χ0) is 11.8. The van der Waals surface area contributed by atoms with Crippen molar-refractivity contribution >= 4 is 15.7 Å². The summed E-state index contributed by atoms with van der Waals surface area (Å²) >= 11 is 0. The van der Waals surface area contributed by atoms with Crippen LogP contribution in [-0.4, -0.2) is 68.8 Å². The molecule has 0 aromatic heterocycles. The highest BCUT2D eigenvalue weighted by Gasteiger charge is 2.33. The smallest absolute Gasteiger partial charge is 0.151 e. The van der Waals surface area contributed by atoms with E-state index in [1.54, 1.807) is 0 Å². The molecular formula is C10H19N3O2S. The lowest BCUT2D eigenvalue weighted by molar-refractivity contribution is 0.209. The van der Waals surface area contributed by atoms with Crippen molar-refractivity contribution in [2.24, 2.45) is 5.92 Å². The van der Waals surface area contributed by atoms with Crippen molar-refractivity contribution < 1.29 is 8.42 Å². The van der Waals surface area contributed by atoms with E-state index in [4.69, 9.17) is 5.41 Å². The van der Waals surface area contributed by atoms with Gasteiger partial charge in [0.2, 0.25) is 0 Å². The molecule has 1 unspecified atom stereocenters. The quantitative estimate of drug-likeness (QED) is 0.506. The van der Waals surface area contributed by atoms with Gasteiger partial charge >= 0.3 is 0 Å². The molecule has 0 bridgehead atoms. The van der Waals surface area contributed by atoms with Crippen LogP contribution in [0.15, 0.2) is 0 Å². The van der Waals surface area contributed by atoms with Gasteiger partial charge in [-0.3, -0.25) is 5.41 Å². The number of rotatable bonds is 1. The Hall–Kier alpha value is -0.620. The number of sulfone groups is 1. The van der Waals surface area contributed by atoms with Crippen LogP contribution in [0.5, 0.6) is 0 Å². The van der Waals surface area contributed by atoms with Gasteiger partial charge in [-0.15, -0.1) is 0 Å². The Morgan fingerprint density at radius 1 is 1.25 bits per heavy atom. The Balaban J connectivity index is 1.93. The molecule has 2 aliphatic rings. The highest BCUT2D eigenvalue weighted by Crippen LogP contribution is 2.21. The third-order valence-electron chi connectivity index (χ3n) is 3.46. The van der Waals surface area contributed by atoms with E-state index in [1.165, 1.54) is 0 Å². The summed E-state index contributed by atoms with van der Waals surface area (Å²) in [6.07, 6.45) is 0.632. The number of amidine groups is 1. The maximum absolute atomic E-state index is 11.4. The average molecular weight is 245 g/mol. The van der Waals surface area contributed by atoms with Crippen LogP contribution in [0.1, 0.15) is 6.42 Å². The third-order valence-corrected chi connectivity index (χ3v) is 5.23. The molecule has 2 rings (SSSR count). The monoisotopic (exact) mass is 245 g/mol. The minimum absolute atomic E-state index is 0.0617. The summed E-state index contributed by atoms with van der Waals surface area (Å²) in [7, 11) is -0.797. The Morgan fingerprint density at radius 2 is 1.88 bits per heavy atom. The normalized spacial score (nSPS) is 30.6. The highest BCUT2D eigenvalue weighted by atomic mass is 32.2. The third kappa shape index (κ3) is 2.55. The lowest BCUT2D eigenvalue weighted by atomic mass is 10.1. The number of piperazine rings is 1. The molecule has 0 aliphatic carbocycles. The molecule has 1 atom stereocenters. The SMILES string of the molecule is CN1CCN(C(=N)C2CCS(=O)(=O)C2)CC1. The van der Waals surface area contributed by atoms with Crippen molar-refractivity contribution in [3.8, 4) is 0 Å². The molecule has 16 heavy (non-hydrogen) atoms. The maximum atomic E-state index is 11.4. The van der Waals surface area contributed by atoms with Crippen molar-refractivity contribution in [3.05, 3.63) is 0 Å². The molecule has 5 nitrogen and oxygen atoms in total. The minimum atomic E-state index is -2.87. The summed E-state index contributed by atoms with van der Waals surface area (Å²) in [5.41, 5.74) is 0. The molecule has 0 radical (unpaired) electrons. The van der Waals surface area contributed by atoms with Gasteiger partial charge in [0.1, 0.15) is 5.84 Å². The molecule has 0 amide bonds. The van der Waals surface area contributed by atoms with Gasteiger partial charge in [0, 0.05) is 32.1 Å². The predicted molar refractivity (Wildman–Crippen MR) is 63.6 cm³/mol. The summed E-state index contributed by atoms with van der Waals surface area (Å²) in [6, 6.07) is 0. The second kappa shape index (κ2) is 4.33. The van der Waals surface area contributed by atoms with Gasteiger partial charge in [0.15, 0.2) is 9.84 Å². The van der Waals surface area contributed by atoms with Gasteiger partial charge in [-0.05, 0) is 13.5 Å². The van der Waals surface area contributed by atoms with Crippen molar-refractivity contribution in [3.63, 3.8) is 0 Å². The van der Waals surface area contributed by atoms with Gasteiger partial charge < -0.3 is 9.80 Å². The fourth-order valence-electron chi connectivity index (χ4n) is 2.32. The molecule has 2 saturated heterocycles. The summed E-state index contributed by atoms with van der Waals surface area (Å²) in [6.45, 7) is 3.63. The highest BCUT2D eigenvalue weighted by molar-refractivity contribution is 7.91. The van der Waals surface area contributed by atoms with Gasteiger partial charge in [-0.1, -0.05) is 0 Å². The van der Waals surface area contributed by atoms with Crippen LogP contribution in [0.25, 0.3) is 0 Å². The van der Waals surface area contributed by atoms with Crippen LogP contribution < -0.4 is 0 Å². The zero-order valence-electron chi connectivity index (χ0n) is 9.65. The number of nitrogens with one attached hydrogen (secondary N) is 1. The first-order valence-corrected chi connectivity index (χ1v) is 7.52. The van der Waals surface area contributed by atoms with E-state index in [-0.39, 0.29) is 17.4 Å². The van der Waals surface area contributed by atoms with E-state index in [9.17, 15) is 8.42 Å². The second-order valence-electron chi connectivity index (χ2n) is 4.78. The van der Waals surface area contributed by atoms with E-state index in [0.29, 0.717) is 12.3 Å². The molecule has 2 fully saturated rings. The number of nitrogens with zero attached hydrogens (tertiary/aromatic N) is 2. The lowest BCUT2D eigenvalue weighted by Gasteiger charge is -2.35. The number of likely N-dealkylation sites (N-methyl/N-ethyl adjacent to an activating group) is 1. The molecule has 0 aromatic rings. The molecule has 2 aliphatic heterocycles. The lowest BCUT2D eigenvalue weighted by Crippen LogP contribution is -2.48. The Labute approximate surface area is 96.8 Å². The van der Waals surface area contributed by atoms with Crippen LogP contribution >= 0.6 is 0 Å². The predicted octanol–water partition coefficient (Wildman–Crippen LogP) is -0.354. The molecular weight excluding hydrogens is 226 g/mol. The molecule has 0 spiro atoms. The standard InChI is InChI=1S/C10H19N3O2S/c1-12-3-5-13(6-4-12)10(11)9-2-7-16(14,15)8-9/h9,11H,2-8H2,1H3. The van der Waals surface area contributed by atoms with Crippen molar-refractivity contribution in [2.75, 3.05) is 44.7 Å². The van der Waals surface area contributed by atoms with Gasteiger partial charge in [-0.25, -0.2) is 8.42 Å². The van der Waals surface area contributed by atoms with E-state index < -0.39 is 9.84 Å². The molecule has 0 saturated carbocycles. The van der Waals surface area contributed by atoms with Crippen molar-refractivity contribution in [2.45, 2.75) is 6.42 Å².